The number of aromatic nitrogens is 4. The normalized spacial score (nSPS) is 19.8. The standard InChI is InChI=1S/C29H36F3N9OS/c1-19-17-24(38-37-19)34-23-18-25(41-11-7-21(8-12-41)40-15-13-39(2)14-16-40)36-27(35-23)43-22-5-3-20(4-6-22)33-26(42)28(9-10-28)29(30,31)32/h3-6,17-18,21H,7-16H2,1-2H3,(H,33,42)(H2,34,35,36,37,38). The molecule has 230 valence electrons. The Hall–Kier alpha value is -3.36. The molecule has 3 N–H and O–H groups in total. The predicted molar refractivity (Wildman–Crippen MR) is 160 cm³/mol. The smallest absolute Gasteiger partial charge is 0.356 e. The quantitative estimate of drug-likeness (QED) is 0.305. The Morgan fingerprint density at radius 2 is 1.70 bits per heavy atom. The molecule has 2 aliphatic heterocycles. The van der Waals surface area contributed by atoms with E-state index in [0.717, 1.165) is 68.5 Å². The fourth-order valence-electron chi connectivity index (χ4n) is 5.67. The molecule has 10 nitrogen and oxygen atoms in total. The first-order valence-corrected chi connectivity index (χ1v) is 15.4. The molecule has 0 radical (unpaired) electrons. The summed E-state index contributed by atoms with van der Waals surface area (Å²) in [6.07, 6.45) is -2.76. The Balaban J connectivity index is 1.15. The maximum Gasteiger partial charge on any atom is 0.403 e. The second kappa shape index (κ2) is 12.0. The maximum absolute atomic E-state index is 13.3. The first kappa shape index (κ1) is 29.7. The number of alkyl halides is 3. The Morgan fingerprint density at radius 3 is 2.30 bits per heavy atom. The number of aromatic amines is 1. The number of likely N-dealkylation sites (N-methyl/N-ethyl adjacent to an activating group) is 1. The van der Waals surface area contributed by atoms with E-state index in [2.05, 4.69) is 42.6 Å². The highest BCUT2D eigenvalue weighted by Crippen LogP contribution is 2.58. The topological polar surface area (TPSA) is 105 Å². The van der Waals surface area contributed by atoms with Crippen LogP contribution in [0.3, 0.4) is 0 Å². The molecule has 0 bridgehead atoms. The van der Waals surface area contributed by atoms with E-state index in [9.17, 15) is 18.0 Å². The molecule has 43 heavy (non-hydrogen) atoms. The first-order chi connectivity index (χ1) is 20.6. The van der Waals surface area contributed by atoms with E-state index in [1.165, 1.54) is 11.8 Å². The molecule has 0 unspecified atom stereocenters. The minimum Gasteiger partial charge on any atom is -0.356 e. The molecule has 3 fully saturated rings. The third kappa shape index (κ3) is 6.75. The van der Waals surface area contributed by atoms with Gasteiger partial charge in [0.15, 0.2) is 11.0 Å². The summed E-state index contributed by atoms with van der Waals surface area (Å²) < 4.78 is 39.9. The van der Waals surface area contributed by atoms with Crippen molar-refractivity contribution in [3.05, 3.63) is 42.1 Å². The zero-order valence-corrected chi connectivity index (χ0v) is 25.1. The van der Waals surface area contributed by atoms with Crippen LogP contribution in [0.4, 0.5) is 36.3 Å². The summed E-state index contributed by atoms with van der Waals surface area (Å²) in [6.45, 7) is 8.15. The molecule has 6 rings (SSSR count). The number of H-pyrrole nitrogens is 1. The van der Waals surface area contributed by atoms with E-state index in [0.29, 0.717) is 28.5 Å². The third-order valence-corrected chi connectivity index (χ3v) is 9.42. The van der Waals surface area contributed by atoms with Crippen LogP contribution in [0, 0.1) is 12.3 Å². The molecular formula is C29H36F3N9OS. The van der Waals surface area contributed by atoms with Crippen molar-refractivity contribution in [1.29, 1.82) is 0 Å². The SMILES string of the molecule is Cc1cc(Nc2cc(N3CCC(N4CCN(C)CC4)CC3)nc(Sc3ccc(NC(=O)C4(C(F)(F)F)CC4)cc3)n2)n[nH]1. The van der Waals surface area contributed by atoms with Gasteiger partial charge in [-0.05, 0) is 75.7 Å². The van der Waals surface area contributed by atoms with Crippen LogP contribution in [-0.2, 0) is 4.79 Å². The number of hydrogen-bond donors (Lipinski definition) is 3. The van der Waals surface area contributed by atoms with E-state index in [1.807, 2.05) is 19.1 Å². The fourth-order valence-corrected chi connectivity index (χ4v) is 6.44. The molecule has 0 spiro atoms. The minimum atomic E-state index is -4.55. The van der Waals surface area contributed by atoms with Gasteiger partial charge in [-0.2, -0.15) is 18.3 Å². The molecule has 0 atom stereocenters. The van der Waals surface area contributed by atoms with Gasteiger partial charge in [0, 0.05) is 73.7 Å². The number of nitrogens with zero attached hydrogens (tertiary/aromatic N) is 6. The number of nitrogens with one attached hydrogen (secondary N) is 3. The van der Waals surface area contributed by atoms with Crippen molar-refractivity contribution in [2.45, 2.75) is 54.9 Å². The van der Waals surface area contributed by atoms with E-state index >= 15 is 0 Å². The number of piperidine rings is 1. The molecule has 14 heteroatoms. The van der Waals surface area contributed by atoms with Gasteiger partial charge >= 0.3 is 6.18 Å². The predicted octanol–water partition coefficient (Wildman–Crippen LogP) is 4.90. The molecule has 1 aromatic carbocycles. The Bertz CT molecular complexity index is 1430. The average Bonchev–Trinajstić information content (AvgIpc) is 3.72. The second-order valence-electron chi connectivity index (χ2n) is 11.7. The number of aryl methyl sites for hydroxylation is 1. The third-order valence-electron chi connectivity index (χ3n) is 8.55. The zero-order chi connectivity index (χ0) is 30.2. The Morgan fingerprint density at radius 1 is 1.00 bits per heavy atom. The molecule has 2 aromatic heterocycles. The van der Waals surface area contributed by atoms with E-state index < -0.39 is 17.5 Å². The molecule has 4 heterocycles. The van der Waals surface area contributed by atoms with Gasteiger partial charge in [0.05, 0.1) is 0 Å². The van der Waals surface area contributed by atoms with Gasteiger partial charge in [-0.25, -0.2) is 9.97 Å². The van der Waals surface area contributed by atoms with Crippen molar-refractivity contribution in [2.24, 2.45) is 5.41 Å². The van der Waals surface area contributed by atoms with Crippen molar-refractivity contribution < 1.29 is 18.0 Å². The highest BCUT2D eigenvalue weighted by molar-refractivity contribution is 7.99. The Kier molecular flexibility index (Phi) is 8.26. The van der Waals surface area contributed by atoms with Gasteiger partial charge in [-0.3, -0.25) is 14.8 Å². The summed E-state index contributed by atoms with van der Waals surface area (Å²) in [5.41, 5.74) is -1.02. The van der Waals surface area contributed by atoms with Crippen LogP contribution < -0.4 is 15.5 Å². The number of anilines is 4. The molecule has 1 saturated carbocycles. The van der Waals surface area contributed by atoms with Crippen LogP contribution in [0.25, 0.3) is 0 Å². The van der Waals surface area contributed by atoms with Gasteiger partial charge in [0.2, 0.25) is 5.91 Å². The summed E-state index contributed by atoms with van der Waals surface area (Å²) in [7, 11) is 2.17. The van der Waals surface area contributed by atoms with E-state index in [-0.39, 0.29) is 12.8 Å². The lowest BCUT2D eigenvalue weighted by Gasteiger charge is -2.42. The number of carbonyl (C=O) groups excluding carboxylic acids is 1. The lowest BCUT2D eigenvalue weighted by atomic mass is 10.0. The first-order valence-electron chi connectivity index (χ1n) is 14.6. The van der Waals surface area contributed by atoms with Crippen molar-refractivity contribution >= 4 is 40.8 Å². The summed E-state index contributed by atoms with van der Waals surface area (Å²) in [5, 5.41) is 13.4. The highest BCUT2D eigenvalue weighted by atomic mass is 32.2. The fraction of sp³-hybridized carbons (Fsp3) is 0.517. The lowest BCUT2D eigenvalue weighted by Crippen LogP contribution is -2.52. The molecule has 3 aliphatic rings. The van der Waals surface area contributed by atoms with Crippen molar-refractivity contribution in [1.82, 2.24) is 30.0 Å². The Labute approximate surface area is 252 Å². The van der Waals surface area contributed by atoms with Gasteiger partial charge in [-0.15, -0.1) is 0 Å². The van der Waals surface area contributed by atoms with Crippen LogP contribution in [0.1, 0.15) is 31.4 Å². The van der Waals surface area contributed by atoms with E-state index in [1.54, 1.807) is 24.3 Å². The van der Waals surface area contributed by atoms with Crippen LogP contribution in [0.2, 0.25) is 0 Å². The van der Waals surface area contributed by atoms with Crippen LogP contribution in [-0.4, -0.2) is 94.4 Å². The summed E-state index contributed by atoms with van der Waals surface area (Å²) in [4.78, 5) is 30.0. The van der Waals surface area contributed by atoms with Gasteiger partial charge in [0.1, 0.15) is 17.1 Å². The summed E-state index contributed by atoms with van der Waals surface area (Å²) in [5.74, 6) is 1.09. The zero-order valence-electron chi connectivity index (χ0n) is 24.2. The van der Waals surface area contributed by atoms with Gasteiger partial charge in [0.25, 0.3) is 0 Å². The van der Waals surface area contributed by atoms with Crippen molar-refractivity contribution in [3.63, 3.8) is 0 Å². The minimum absolute atomic E-state index is 0.175. The molecule has 1 amide bonds. The molecule has 2 saturated heterocycles. The number of carbonyl (C=O) groups is 1. The van der Waals surface area contributed by atoms with E-state index in [4.69, 9.17) is 9.97 Å². The maximum atomic E-state index is 13.3. The molecule has 3 aromatic rings. The number of piperazine rings is 1. The second-order valence-corrected chi connectivity index (χ2v) is 12.7. The largest absolute Gasteiger partial charge is 0.403 e. The summed E-state index contributed by atoms with van der Waals surface area (Å²) in [6, 6.07) is 11.1. The number of amides is 1. The van der Waals surface area contributed by atoms with Crippen LogP contribution in [0.5, 0.6) is 0 Å². The monoisotopic (exact) mass is 615 g/mol. The van der Waals surface area contributed by atoms with Gasteiger partial charge < -0.3 is 20.4 Å². The lowest BCUT2D eigenvalue weighted by molar-refractivity contribution is -0.189. The van der Waals surface area contributed by atoms with Gasteiger partial charge in [-0.1, -0.05) is 0 Å². The number of hydrogen-bond acceptors (Lipinski definition) is 9. The highest BCUT2D eigenvalue weighted by Gasteiger charge is 2.68. The average molecular weight is 616 g/mol. The number of halogens is 3. The van der Waals surface area contributed by atoms with Crippen LogP contribution in [0.15, 0.2) is 46.5 Å². The van der Waals surface area contributed by atoms with Crippen LogP contribution >= 0.6 is 11.8 Å². The molecule has 1 aliphatic carbocycles. The summed E-state index contributed by atoms with van der Waals surface area (Å²) >= 11 is 1.35. The number of rotatable bonds is 8. The van der Waals surface area contributed by atoms with Crippen molar-refractivity contribution in [2.75, 3.05) is 61.8 Å². The number of benzene rings is 1. The molecular weight excluding hydrogens is 579 g/mol. The van der Waals surface area contributed by atoms with Crippen molar-refractivity contribution in [3.8, 4) is 0 Å².